The second kappa shape index (κ2) is 6.97. The summed E-state index contributed by atoms with van der Waals surface area (Å²) >= 11 is 0. The first-order chi connectivity index (χ1) is 10.1. The number of methoxy groups -OCH3 is 1. The van der Waals surface area contributed by atoms with Crippen LogP contribution in [0, 0.1) is 5.92 Å². The summed E-state index contributed by atoms with van der Waals surface area (Å²) in [4.78, 5) is 24.4. The maximum absolute atomic E-state index is 11.9. The lowest BCUT2D eigenvalue weighted by molar-refractivity contribution is -0.135. The highest BCUT2D eigenvalue weighted by Gasteiger charge is 2.22. The zero-order valence-electron chi connectivity index (χ0n) is 12.0. The van der Waals surface area contributed by atoms with Crippen molar-refractivity contribution >= 4 is 17.6 Å². The van der Waals surface area contributed by atoms with Gasteiger partial charge in [-0.2, -0.15) is 0 Å². The zero-order chi connectivity index (χ0) is 15.2. The number of hydrogen-bond acceptors (Lipinski definition) is 4. The van der Waals surface area contributed by atoms with Gasteiger partial charge in [0.25, 0.3) is 0 Å². The van der Waals surface area contributed by atoms with Crippen LogP contribution >= 0.6 is 0 Å². The Morgan fingerprint density at radius 2 is 1.95 bits per heavy atom. The molecule has 1 saturated carbocycles. The average molecular weight is 292 g/mol. The molecule has 0 spiro atoms. The van der Waals surface area contributed by atoms with Crippen molar-refractivity contribution in [1.82, 2.24) is 5.32 Å². The monoisotopic (exact) mass is 292 g/mol. The maximum Gasteiger partial charge on any atom is 0.323 e. The third-order valence-corrected chi connectivity index (χ3v) is 3.38. The molecular weight excluding hydrogens is 272 g/mol. The van der Waals surface area contributed by atoms with Crippen LogP contribution in [0.25, 0.3) is 0 Å². The predicted molar refractivity (Wildman–Crippen MR) is 78.6 cm³/mol. The van der Waals surface area contributed by atoms with E-state index in [0.717, 1.165) is 12.8 Å². The first-order valence-corrected chi connectivity index (χ1v) is 6.96. The SMILES string of the molecule is COc1ccc(N(CC(=O)O)CC(=O)NCC2CC2)cc1. The lowest BCUT2D eigenvalue weighted by Crippen LogP contribution is -2.40. The quantitative estimate of drug-likeness (QED) is 0.750. The standard InChI is InChI=1S/C15H20N2O4/c1-21-13-6-4-12(5-7-13)17(10-15(19)20)9-14(18)16-8-11-2-3-11/h4-7,11H,2-3,8-10H2,1H3,(H,16,18)(H,19,20). The van der Waals surface area contributed by atoms with Gasteiger partial charge in [0, 0.05) is 12.2 Å². The number of carbonyl (C=O) groups is 2. The van der Waals surface area contributed by atoms with Crippen molar-refractivity contribution in [3.8, 4) is 5.75 Å². The topological polar surface area (TPSA) is 78.9 Å². The van der Waals surface area contributed by atoms with E-state index in [0.29, 0.717) is 23.9 Å². The Kier molecular flexibility index (Phi) is 5.03. The third kappa shape index (κ3) is 4.98. The molecule has 1 amide bonds. The Labute approximate surface area is 123 Å². The minimum atomic E-state index is -0.971. The smallest absolute Gasteiger partial charge is 0.323 e. The van der Waals surface area contributed by atoms with Gasteiger partial charge >= 0.3 is 5.97 Å². The maximum atomic E-state index is 11.9. The van der Waals surface area contributed by atoms with Gasteiger partial charge in [0.15, 0.2) is 0 Å². The fraction of sp³-hybridized carbons (Fsp3) is 0.467. The molecule has 0 unspecified atom stereocenters. The molecule has 1 aromatic rings. The van der Waals surface area contributed by atoms with Gasteiger partial charge in [-0.15, -0.1) is 0 Å². The Hall–Kier alpha value is -2.24. The summed E-state index contributed by atoms with van der Waals surface area (Å²) in [5, 5.41) is 11.8. The van der Waals surface area contributed by atoms with E-state index in [1.54, 1.807) is 31.4 Å². The van der Waals surface area contributed by atoms with Crippen molar-refractivity contribution in [3.63, 3.8) is 0 Å². The van der Waals surface area contributed by atoms with E-state index in [1.165, 1.54) is 4.90 Å². The minimum Gasteiger partial charge on any atom is -0.497 e. The van der Waals surface area contributed by atoms with Crippen LogP contribution in [0.15, 0.2) is 24.3 Å². The largest absolute Gasteiger partial charge is 0.497 e. The zero-order valence-corrected chi connectivity index (χ0v) is 12.0. The lowest BCUT2D eigenvalue weighted by Gasteiger charge is -2.22. The molecule has 1 fully saturated rings. The first kappa shape index (κ1) is 15.2. The van der Waals surface area contributed by atoms with E-state index < -0.39 is 5.97 Å². The summed E-state index contributed by atoms with van der Waals surface area (Å²) in [5.41, 5.74) is 0.680. The number of nitrogens with one attached hydrogen (secondary N) is 1. The predicted octanol–water partition coefficient (Wildman–Crippen LogP) is 1.11. The molecule has 0 aliphatic heterocycles. The van der Waals surface area contributed by atoms with Crippen LogP contribution in [0.3, 0.4) is 0 Å². The van der Waals surface area contributed by atoms with Crippen molar-refractivity contribution in [3.05, 3.63) is 24.3 Å². The van der Waals surface area contributed by atoms with Gasteiger partial charge in [-0.3, -0.25) is 9.59 Å². The molecule has 1 aliphatic rings. The number of carboxylic acids is 1. The number of anilines is 1. The van der Waals surface area contributed by atoms with Crippen LogP contribution < -0.4 is 15.0 Å². The van der Waals surface area contributed by atoms with Gasteiger partial charge in [0.05, 0.1) is 13.7 Å². The Balaban J connectivity index is 1.97. The highest BCUT2D eigenvalue weighted by atomic mass is 16.5. The molecule has 0 bridgehead atoms. The number of aliphatic carboxylic acids is 1. The fourth-order valence-corrected chi connectivity index (χ4v) is 2.00. The summed E-state index contributed by atoms with van der Waals surface area (Å²) < 4.78 is 5.07. The highest BCUT2D eigenvalue weighted by Crippen LogP contribution is 2.27. The van der Waals surface area contributed by atoms with Crippen LogP contribution in [0.5, 0.6) is 5.75 Å². The number of hydrogen-bond donors (Lipinski definition) is 2. The van der Waals surface area contributed by atoms with Gasteiger partial charge in [0.1, 0.15) is 12.3 Å². The van der Waals surface area contributed by atoms with E-state index in [4.69, 9.17) is 9.84 Å². The Morgan fingerprint density at radius 3 is 2.48 bits per heavy atom. The summed E-state index contributed by atoms with van der Waals surface area (Å²) in [6, 6.07) is 6.98. The molecule has 1 aromatic carbocycles. The van der Waals surface area contributed by atoms with Crippen molar-refractivity contribution in [2.24, 2.45) is 5.92 Å². The number of ether oxygens (including phenoxy) is 1. The van der Waals surface area contributed by atoms with Gasteiger partial charge in [0.2, 0.25) is 5.91 Å². The number of nitrogens with zero attached hydrogens (tertiary/aromatic N) is 1. The number of carboxylic acid groups (broad SMARTS) is 1. The Morgan fingerprint density at radius 1 is 1.29 bits per heavy atom. The van der Waals surface area contributed by atoms with E-state index in [-0.39, 0.29) is 19.0 Å². The summed E-state index contributed by atoms with van der Waals surface area (Å²) in [7, 11) is 1.56. The number of benzene rings is 1. The van der Waals surface area contributed by atoms with E-state index in [9.17, 15) is 9.59 Å². The molecule has 21 heavy (non-hydrogen) atoms. The molecule has 1 aliphatic carbocycles. The second-order valence-electron chi connectivity index (χ2n) is 5.20. The highest BCUT2D eigenvalue weighted by molar-refractivity contribution is 5.84. The molecule has 6 heteroatoms. The van der Waals surface area contributed by atoms with Crippen LogP contribution in [0.1, 0.15) is 12.8 Å². The molecule has 2 rings (SSSR count). The normalized spacial score (nSPS) is 13.6. The molecule has 0 heterocycles. The summed E-state index contributed by atoms with van der Waals surface area (Å²) in [5.74, 6) is 0.162. The second-order valence-corrected chi connectivity index (χ2v) is 5.20. The van der Waals surface area contributed by atoms with Gasteiger partial charge in [-0.25, -0.2) is 0 Å². The minimum absolute atomic E-state index is 0.0331. The molecule has 6 nitrogen and oxygen atoms in total. The molecule has 2 N–H and O–H groups in total. The molecule has 0 saturated heterocycles. The van der Waals surface area contributed by atoms with Gasteiger partial charge in [-0.1, -0.05) is 0 Å². The van der Waals surface area contributed by atoms with Gasteiger partial charge in [-0.05, 0) is 43.0 Å². The van der Waals surface area contributed by atoms with Gasteiger partial charge < -0.3 is 20.1 Å². The van der Waals surface area contributed by atoms with E-state index in [2.05, 4.69) is 5.32 Å². The summed E-state index contributed by atoms with van der Waals surface area (Å²) in [6.07, 6.45) is 2.33. The summed E-state index contributed by atoms with van der Waals surface area (Å²) in [6.45, 7) is 0.497. The van der Waals surface area contributed by atoms with Crippen LogP contribution in [-0.2, 0) is 9.59 Å². The molecule has 0 atom stereocenters. The number of amides is 1. The Bertz CT molecular complexity index is 497. The molecule has 0 radical (unpaired) electrons. The van der Waals surface area contributed by atoms with Crippen molar-refractivity contribution in [2.75, 3.05) is 31.6 Å². The molecular formula is C15H20N2O4. The van der Waals surface area contributed by atoms with Crippen LogP contribution in [0.2, 0.25) is 0 Å². The first-order valence-electron chi connectivity index (χ1n) is 6.96. The molecule has 114 valence electrons. The van der Waals surface area contributed by atoms with Crippen molar-refractivity contribution < 1.29 is 19.4 Å². The van der Waals surface area contributed by atoms with Crippen molar-refractivity contribution in [2.45, 2.75) is 12.8 Å². The number of rotatable bonds is 8. The molecule has 0 aromatic heterocycles. The van der Waals surface area contributed by atoms with E-state index >= 15 is 0 Å². The van der Waals surface area contributed by atoms with Crippen LogP contribution in [-0.4, -0.2) is 43.7 Å². The third-order valence-electron chi connectivity index (χ3n) is 3.38. The fourth-order valence-electron chi connectivity index (χ4n) is 2.00. The van der Waals surface area contributed by atoms with Crippen LogP contribution in [0.4, 0.5) is 5.69 Å². The average Bonchev–Trinajstić information content (AvgIpc) is 3.28. The van der Waals surface area contributed by atoms with Crippen molar-refractivity contribution in [1.29, 1.82) is 0 Å². The number of carbonyl (C=O) groups excluding carboxylic acids is 1. The lowest BCUT2D eigenvalue weighted by atomic mass is 10.2. The van der Waals surface area contributed by atoms with E-state index in [1.807, 2.05) is 0 Å².